The largest absolute Gasteiger partial charge is 0.309 e. The van der Waals surface area contributed by atoms with Crippen LogP contribution in [0, 0.1) is 0 Å². The van der Waals surface area contributed by atoms with Crippen molar-refractivity contribution in [3.63, 3.8) is 0 Å². The van der Waals surface area contributed by atoms with Crippen molar-refractivity contribution in [1.29, 1.82) is 0 Å². The minimum atomic E-state index is 0.655. The molecule has 6 heteroatoms. The molecule has 8 aromatic carbocycles. The van der Waals surface area contributed by atoms with Crippen LogP contribution < -0.4 is 0 Å². The summed E-state index contributed by atoms with van der Waals surface area (Å²) in [5.41, 5.74) is 8.87. The highest BCUT2D eigenvalue weighted by Crippen LogP contribution is 2.44. The molecule has 266 valence electrons. The Bertz CT molecular complexity index is 3530. The van der Waals surface area contributed by atoms with Crippen molar-refractivity contribution >= 4 is 84.8 Å². The van der Waals surface area contributed by atoms with E-state index in [1.165, 1.54) is 73.3 Å². The molecular weight excluding hydrogens is 733 g/mol. The van der Waals surface area contributed by atoms with E-state index < -0.39 is 0 Å². The molecule has 12 aromatic rings. The standard InChI is InChI=1S/C51H30N4S2/c1-3-13-31(14-4-1)49-52-50(54-51(53-49)39-20-12-24-46-48(39)38-18-8-10-22-43(38)56-46)33-26-28-44-40(29-33)47-35(19-11-23-45(47)57-44)32-25-27-37-36-17-7-9-21-41(36)55(42(37)30-32)34-15-5-2-6-16-34/h1-30H. The van der Waals surface area contributed by atoms with Crippen LogP contribution in [0.25, 0.3) is 113 Å². The Morgan fingerprint density at radius 3 is 1.72 bits per heavy atom. The third-order valence-corrected chi connectivity index (χ3v) is 13.3. The summed E-state index contributed by atoms with van der Waals surface area (Å²) in [5, 5.41) is 7.34. The van der Waals surface area contributed by atoms with Crippen LogP contribution in [0.4, 0.5) is 0 Å². The van der Waals surface area contributed by atoms with Crippen LogP contribution in [0.15, 0.2) is 182 Å². The smallest absolute Gasteiger partial charge is 0.164 e. The second kappa shape index (κ2) is 12.8. The molecule has 0 saturated carbocycles. The van der Waals surface area contributed by atoms with E-state index >= 15 is 0 Å². The first kappa shape index (κ1) is 32.3. The summed E-state index contributed by atoms with van der Waals surface area (Å²) in [6.45, 7) is 0. The summed E-state index contributed by atoms with van der Waals surface area (Å²) in [6.07, 6.45) is 0. The van der Waals surface area contributed by atoms with Crippen LogP contribution in [-0.4, -0.2) is 19.5 Å². The molecule has 0 spiro atoms. The molecule has 57 heavy (non-hydrogen) atoms. The molecule has 0 aliphatic carbocycles. The topological polar surface area (TPSA) is 43.6 Å². The number of rotatable bonds is 5. The lowest BCUT2D eigenvalue weighted by Crippen LogP contribution is -2.00. The third-order valence-electron chi connectivity index (χ3n) is 11.1. The third kappa shape index (κ3) is 5.15. The van der Waals surface area contributed by atoms with E-state index in [-0.39, 0.29) is 0 Å². The van der Waals surface area contributed by atoms with Crippen molar-refractivity contribution in [3.8, 4) is 51.0 Å². The zero-order chi connectivity index (χ0) is 37.5. The predicted octanol–water partition coefficient (Wildman–Crippen LogP) is 14.4. The van der Waals surface area contributed by atoms with E-state index in [1.54, 1.807) is 11.3 Å². The molecule has 0 unspecified atom stereocenters. The molecule has 4 heterocycles. The maximum Gasteiger partial charge on any atom is 0.164 e. The molecule has 0 aliphatic rings. The fourth-order valence-corrected chi connectivity index (χ4v) is 10.7. The van der Waals surface area contributed by atoms with Gasteiger partial charge in [0.1, 0.15) is 0 Å². The lowest BCUT2D eigenvalue weighted by molar-refractivity contribution is 1.08. The van der Waals surface area contributed by atoms with E-state index in [2.05, 4.69) is 168 Å². The van der Waals surface area contributed by atoms with E-state index in [0.29, 0.717) is 17.5 Å². The quantitative estimate of drug-likeness (QED) is 0.175. The van der Waals surface area contributed by atoms with Crippen molar-refractivity contribution in [2.45, 2.75) is 0 Å². The fourth-order valence-electron chi connectivity index (χ4n) is 8.50. The Labute approximate surface area is 335 Å². The molecule has 0 radical (unpaired) electrons. The Kier molecular flexibility index (Phi) is 7.24. The lowest BCUT2D eigenvalue weighted by Gasteiger charge is -2.11. The van der Waals surface area contributed by atoms with Gasteiger partial charge >= 0.3 is 0 Å². The Morgan fingerprint density at radius 1 is 0.333 bits per heavy atom. The van der Waals surface area contributed by atoms with Crippen LogP contribution in [0.3, 0.4) is 0 Å². The van der Waals surface area contributed by atoms with Crippen molar-refractivity contribution in [2.75, 3.05) is 0 Å². The molecule has 0 aliphatic heterocycles. The Morgan fingerprint density at radius 2 is 0.912 bits per heavy atom. The molecule has 0 bridgehead atoms. The van der Waals surface area contributed by atoms with Gasteiger partial charge in [0.2, 0.25) is 0 Å². The Hall–Kier alpha value is -6.99. The number of fused-ring (bicyclic) bond motifs is 9. The first-order chi connectivity index (χ1) is 28.2. The maximum absolute atomic E-state index is 5.26. The van der Waals surface area contributed by atoms with Gasteiger partial charge in [0.25, 0.3) is 0 Å². The van der Waals surface area contributed by atoms with Crippen LogP contribution in [0.1, 0.15) is 0 Å². The fraction of sp³-hybridized carbons (Fsp3) is 0. The van der Waals surface area contributed by atoms with E-state index in [4.69, 9.17) is 15.0 Å². The number of aromatic nitrogens is 4. The van der Waals surface area contributed by atoms with E-state index in [0.717, 1.165) is 22.4 Å². The number of benzene rings is 8. The normalized spacial score (nSPS) is 11.9. The first-order valence-corrected chi connectivity index (χ1v) is 20.7. The van der Waals surface area contributed by atoms with Gasteiger partial charge in [-0.1, -0.05) is 121 Å². The highest BCUT2D eigenvalue weighted by molar-refractivity contribution is 7.26. The number of para-hydroxylation sites is 2. The molecular formula is C51H30N4S2. The summed E-state index contributed by atoms with van der Waals surface area (Å²) in [4.78, 5) is 15.6. The maximum atomic E-state index is 5.26. The first-order valence-electron chi connectivity index (χ1n) is 19.0. The Balaban J connectivity index is 1.07. The number of hydrogen-bond donors (Lipinski definition) is 0. The molecule has 0 atom stereocenters. The van der Waals surface area contributed by atoms with Gasteiger partial charge in [0, 0.05) is 73.5 Å². The van der Waals surface area contributed by atoms with Gasteiger partial charge < -0.3 is 4.57 Å². The molecule has 4 nitrogen and oxygen atoms in total. The van der Waals surface area contributed by atoms with Gasteiger partial charge in [-0.25, -0.2) is 15.0 Å². The number of thiophene rings is 2. The zero-order valence-electron chi connectivity index (χ0n) is 30.4. The van der Waals surface area contributed by atoms with E-state index in [9.17, 15) is 0 Å². The molecule has 0 saturated heterocycles. The zero-order valence-corrected chi connectivity index (χ0v) is 32.1. The van der Waals surface area contributed by atoms with Gasteiger partial charge in [-0.05, 0) is 71.8 Å². The van der Waals surface area contributed by atoms with Crippen molar-refractivity contribution in [2.24, 2.45) is 0 Å². The van der Waals surface area contributed by atoms with Gasteiger partial charge in [0.05, 0.1) is 11.0 Å². The van der Waals surface area contributed by atoms with Crippen LogP contribution in [0.2, 0.25) is 0 Å². The molecule has 0 N–H and O–H groups in total. The van der Waals surface area contributed by atoms with Gasteiger partial charge in [0.15, 0.2) is 17.5 Å². The van der Waals surface area contributed by atoms with Gasteiger partial charge in [-0.2, -0.15) is 0 Å². The van der Waals surface area contributed by atoms with Gasteiger partial charge in [-0.15, -0.1) is 22.7 Å². The highest BCUT2D eigenvalue weighted by atomic mass is 32.1. The molecule has 12 rings (SSSR count). The van der Waals surface area contributed by atoms with Crippen molar-refractivity contribution in [3.05, 3.63) is 182 Å². The van der Waals surface area contributed by atoms with Crippen LogP contribution in [-0.2, 0) is 0 Å². The molecule has 0 fully saturated rings. The minimum absolute atomic E-state index is 0.655. The molecule has 4 aromatic heterocycles. The number of hydrogen-bond acceptors (Lipinski definition) is 5. The summed E-state index contributed by atoms with van der Waals surface area (Å²) in [7, 11) is 0. The van der Waals surface area contributed by atoms with Crippen LogP contribution >= 0.6 is 22.7 Å². The second-order valence-electron chi connectivity index (χ2n) is 14.4. The summed E-state index contributed by atoms with van der Waals surface area (Å²) in [6, 6.07) is 64.9. The van der Waals surface area contributed by atoms with Crippen molar-refractivity contribution in [1.82, 2.24) is 19.5 Å². The monoisotopic (exact) mass is 762 g/mol. The average molecular weight is 763 g/mol. The second-order valence-corrected chi connectivity index (χ2v) is 16.5. The predicted molar refractivity (Wildman–Crippen MR) is 242 cm³/mol. The summed E-state index contributed by atoms with van der Waals surface area (Å²) >= 11 is 3.63. The lowest BCUT2D eigenvalue weighted by atomic mass is 9.97. The summed E-state index contributed by atoms with van der Waals surface area (Å²) < 4.78 is 7.34. The highest BCUT2D eigenvalue weighted by Gasteiger charge is 2.19. The van der Waals surface area contributed by atoms with Crippen LogP contribution in [0.5, 0.6) is 0 Å². The number of nitrogens with zero attached hydrogens (tertiary/aromatic N) is 4. The summed E-state index contributed by atoms with van der Waals surface area (Å²) in [5.74, 6) is 1.99. The van der Waals surface area contributed by atoms with Crippen molar-refractivity contribution < 1.29 is 0 Å². The minimum Gasteiger partial charge on any atom is -0.309 e. The average Bonchev–Trinajstić information content (AvgIpc) is 3.96. The SMILES string of the molecule is c1ccc(-c2nc(-c3ccc4sc5cccc(-c6ccc7c8ccccc8n(-c8ccccc8)c7c6)c5c4c3)nc(-c3cccc4sc5ccccc5c34)n2)cc1. The van der Waals surface area contributed by atoms with E-state index in [1.807, 2.05) is 29.5 Å². The molecule has 0 amide bonds. The van der Waals surface area contributed by atoms with Gasteiger partial charge in [-0.3, -0.25) is 0 Å².